The Morgan fingerprint density at radius 1 is 1.25 bits per heavy atom. The number of hydrogen-bond donors (Lipinski definition) is 0. The van der Waals surface area contributed by atoms with Crippen LogP contribution in [0.25, 0.3) is 0 Å². The zero-order chi connectivity index (χ0) is 17.7. The molecule has 1 aliphatic heterocycles. The van der Waals surface area contributed by atoms with Crippen molar-refractivity contribution in [3.05, 3.63) is 24.0 Å². The lowest BCUT2D eigenvalue weighted by atomic mass is 10.2. The summed E-state index contributed by atoms with van der Waals surface area (Å²) < 4.78 is 5.27. The van der Waals surface area contributed by atoms with Crippen LogP contribution in [0.2, 0.25) is 0 Å². The first kappa shape index (κ1) is 18.0. The van der Waals surface area contributed by atoms with Crippen molar-refractivity contribution in [2.24, 2.45) is 5.92 Å². The molecular weight excluding hydrogens is 308 g/mol. The van der Waals surface area contributed by atoms with Gasteiger partial charge in [-0.3, -0.25) is 9.78 Å². The van der Waals surface area contributed by atoms with Crippen molar-refractivity contribution in [1.29, 1.82) is 0 Å². The van der Waals surface area contributed by atoms with Gasteiger partial charge in [0.05, 0.1) is 6.61 Å². The van der Waals surface area contributed by atoms with Gasteiger partial charge in [-0.1, -0.05) is 13.8 Å². The van der Waals surface area contributed by atoms with E-state index in [2.05, 4.69) is 9.88 Å². The second kappa shape index (κ2) is 7.99. The fraction of sp³-hybridized carbons (Fsp3) is 0.588. The van der Waals surface area contributed by atoms with Crippen molar-refractivity contribution >= 4 is 17.7 Å². The molecular formula is C17H26N4O3. The second-order valence-corrected chi connectivity index (χ2v) is 6.54. The average molecular weight is 334 g/mol. The molecule has 2 heterocycles. The van der Waals surface area contributed by atoms with Crippen LogP contribution in [0, 0.1) is 5.92 Å². The summed E-state index contributed by atoms with van der Waals surface area (Å²) in [5, 5.41) is 0. The quantitative estimate of drug-likeness (QED) is 0.838. The molecule has 2 amide bonds. The van der Waals surface area contributed by atoms with Gasteiger partial charge >= 0.3 is 6.09 Å². The first-order chi connectivity index (χ1) is 11.4. The van der Waals surface area contributed by atoms with Crippen molar-refractivity contribution in [3.8, 4) is 0 Å². The monoisotopic (exact) mass is 334 g/mol. The van der Waals surface area contributed by atoms with Crippen LogP contribution in [0.5, 0.6) is 0 Å². The van der Waals surface area contributed by atoms with Gasteiger partial charge in [-0.2, -0.15) is 0 Å². The zero-order valence-electron chi connectivity index (χ0n) is 14.9. The minimum absolute atomic E-state index is 0.118. The molecule has 0 atom stereocenters. The number of rotatable bonds is 4. The Morgan fingerprint density at radius 3 is 2.50 bits per heavy atom. The fourth-order valence-electron chi connectivity index (χ4n) is 2.44. The van der Waals surface area contributed by atoms with E-state index in [1.54, 1.807) is 31.3 Å². The lowest BCUT2D eigenvalue weighted by Crippen LogP contribution is -2.49. The Bertz CT molecular complexity index is 581. The molecule has 24 heavy (non-hydrogen) atoms. The summed E-state index contributed by atoms with van der Waals surface area (Å²) in [7, 11) is 3.41. The highest BCUT2D eigenvalue weighted by atomic mass is 16.6. The Hall–Kier alpha value is -2.31. The van der Waals surface area contributed by atoms with E-state index >= 15 is 0 Å². The minimum Gasteiger partial charge on any atom is -0.449 e. The van der Waals surface area contributed by atoms with E-state index in [0.717, 1.165) is 5.69 Å². The number of nitrogens with zero attached hydrogens (tertiary/aromatic N) is 4. The number of ether oxygens (including phenoxy) is 1. The predicted molar refractivity (Wildman–Crippen MR) is 92.2 cm³/mol. The molecule has 0 spiro atoms. The predicted octanol–water partition coefficient (Wildman–Crippen LogP) is 1.70. The lowest BCUT2D eigenvalue weighted by Gasteiger charge is -2.35. The number of pyridine rings is 1. The van der Waals surface area contributed by atoms with Crippen molar-refractivity contribution in [3.63, 3.8) is 0 Å². The van der Waals surface area contributed by atoms with Crippen molar-refractivity contribution in [2.75, 3.05) is 51.8 Å². The first-order valence-electron chi connectivity index (χ1n) is 8.23. The SMILES string of the molecule is CC(C)COC(=O)N1CCN(c2ccnc(C(=O)N(C)C)c2)CC1. The number of amides is 2. The van der Waals surface area contributed by atoms with Crippen molar-refractivity contribution in [1.82, 2.24) is 14.8 Å². The van der Waals surface area contributed by atoms with E-state index < -0.39 is 0 Å². The van der Waals surface area contributed by atoms with Gasteiger partial charge < -0.3 is 19.4 Å². The van der Waals surface area contributed by atoms with Gasteiger partial charge in [0.15, 0.2) is 0 Å². The van der Waals surface area contributed by atoms with Crippen LogP contribution in [-0.2, 0) is 4.74 Å². The highest BCUT2D eigenvalue weighted by molar-refractivity contribution is 5.92. The zero-order valence-corrected chi connectivity index (χ0v) is 14.9. The highest BCUT2D eigenvalue weighted by Gasteiger charge is 2.23. The van der Waals surface area contributed by atoms with E-state index in [1.165, 1.54) is 4.90 Å². The third kappa shape index (κ3) is 4.59. The standard InChI is InChI=1S/C17H26N4O3/c1-13(2)12-24-17(23)21-9-7-20(8-10-21)14-5-6-18-15(11-14)16(22)19(3)4/h5-6,11,13H,7-10,12H2,1-4H3. The molecule has 7 nitrogen and oxygen atoms in total. The van der Waals surface area contributed by atoms with E-state index in [0.29, 0.717) is 44.4 Å². The van der Waals surface area contributed by atoms with Gasteiger partial charge in [-0.15, -0.1) is 0 Å². The smallest absolute Gasteiger partial charge is 0.409 e. The second-order valence-electron chi connectivity index (χ2n) is 6.54. The van der Waals surface area contributed by atoms with Crippen LogP contribution in [0.1, 0.15) is 24.3 Å². The van der Waals surface area contributed by atoms with E-state index in [1.807, 2.05) is 19.9 Å². The molecule has 0 aliphatic carbocycles. The number of piperazine rings is 1. The molecule has 7 heteroatoms. The molecule has 1 aliphatic rings. The number of anilines is 1. The molecule has 0 N–H and O–H groups in total. The van der Waals surface area contributed by atoms with Crippen LogP contribution in [-0.4, -0.2) is 73.7 Å². The largest absolute Gasteiger partial charge is 0.449 e. The maximum atomic E-state index is 12.0. The maximum absolute atomic E-state index is 12.0. The summed E-state index contributed by atoms with van der Waals surface area (Å²) in [6, 6.07) is 3.69. The van der Waals surface area contributed by atoms with Crippen LogP contribution >= 0.6 is 0 Å². The topological polar surface area (TPSA) is 66.0 Å². The van der Waals surface area contributed by atoms with E-state index in [4.69, 9.17) is 4.74 Å². The van der Waals surface area contributed by atoms with Crippen LogP contribution < -0.4 is 4.90 Å². The molecule has 1 fully saturated rings. The van der Waals surface area contributed by atoms with Gasteiger partial charge in [0.1, 0.15) is 5.69 Å². The molecule has 0 aromatic carbocycles. The van der Waals surface area contributed by atoms with Crippen molar-refractivity contribution in [2.45, 2.75) is 13.8 Å². The van der Waals surface area contributed by atoms with Gasteiger partial charge in [-0.05, 0) is 18.1 Å². The summed E-state index contributed by atoms with van der Waals surface area (Å²) in [5.41, 5.74) is 1.38. The normalized spacial score (nSPS) is 14.7. The third-order valence-electron chi connectivity index (χ3n) is 3.81. The Kier molecular flexibility index (Phi) is 6.00. The summed E-state index contributed by atoms with van der Waals surface area (Å²) in [6.45, 7) is 7.10. The maximum Gasteiger partial charge on any atom is 0.409 e. The van der Waals surface area contributed by atoms with Gasteiger partial charge in [-0.25, -0.2) is 4.79 Å². The molecule has 0 bridgehead atoms. The van der Waals surface area contributed by atoms with Gasteiger partial charge in [0, 0.05) is 52.2 Å². The Balaban J connectivity index is 1.94. The van der Waals surface area contributed by atoms with Gasteiger partial charge in [0.25, 0.3) is 5.91 Å². The van der Waals surface area contributed by atoms with E-state index in [9.17, 15) is 9.59 Å². The van der Waals surface area contributed by atoms with Crippen molar-refractivity contribution < 1.29 is 14.3 Å². The number of carbonyl (C=O) groups excluding carboxylic acids is 2. The molecule has 2 rings (SSSR count). The highest BCUT2D eigenvalue weighted by Crippen LogP contribution is 2.18. The lowest BCUT2D eigenvalue weighted by molar-refractivity contribution is 0.0822. The average Bonchev–Trinajstić information content (AvgIpc) is 2.59. The molecule has 0 saturated carbocycles. The summed E-state index contributed by atoms with van der Waals surface area (Å²) in [4.78, 5) is 33.5. The van der Waals surface area contributed by atoms with Crippen LogP contribution in [0.4, 0.5) is 10.5 Å². The van der Waals surface area contributed by atoms with Crippen LogP contribution in [0.15, 0.2) is 18.3 Å². The number of carbonyl (C=O) groups is 2. The van der Waals surface area contributed by atoms with Gasteiger partial charge in [0.2, 0.25) is 0 Å². The van der Waals surface area contributed by atoms with Crippen LogP contribution in [0.3, 0.4) is 0 Å². The molecule has 1 aromatic rings. The summed E-state index contributed by atoms with van der Waals surface area (Å²) in [5.74, 6) is 0.215. The Morgan fingerprint density at radius 2 is 1.92 bits per heavy atom. The molecule has 0 unspecified atom stereocenters. The molecule has 0 radical (unpaired) electrons. The first-order valence-corrected chi connectivity index (χ1v) is 8.23. The number of hydrogen-bond acceptors (Lipinski definition) is 5. The third-order valence-corrected chi connectivity index (χ3v) is 3.81. The molecule has 1 saturated heterocycles. The minimum atomic E-state index is -0.249. The summed E-state index contributed by atoms with van der Waals surface area (Å²) >= 11 is 0. The summed E-state index contributed by atoms with van der Waals surface area (Å²) in [6.07, 6.45) is 1.40. The Labute approximate surface area is 143 Å². The molecule has 132 valence electrons. The number of aromatic nitrogens is 1. The van der Waals surface area contributed by atoms with E-state index in [-0.39, 0.29) is 12.0 Å². The fourth-order valence-corrected chi connectivity index (χ4v) is 2.44. The molecule has 1 aromatic heterocycles.